The molecule has 0 bridgehead atoms. The first-order valence-corrected chi connectivity index (χ1v) is 8.39. The number of amides is 2. The summed E-state index contributed by atoms with van der Waals surface area (Å²) in [6.45, 7) is 4.79. The van der Waals surface area contributed by atoms with Gasteiger partial charge in [0.15, 0.2) is 0 Å². The quantitative estimate of drug-likeness (QED) is 0.804. The molecule has 1 aliphatic rings. The van der Waals surface area contributed by atoms with E-state index in [1.807, 2.05) is 26.0 Å². The van der Waals surface area contributed by atoms with Gasteiger partial charge in [0.2, 0.25) is 11.8 Å². The van der Waals surface area contributed by atoms with Crippen molar-refractivity contribution in [2.45, 2.75) is 38.6 Å². The number of hydrogen-bond acceptors (Lipinski definition) is 3. The van der Waals surface area contributed by atoms with E-state index in [1.54, 1.807) is 17.0 Å². The zero-order valence-electron chi connectivity index (χ0n) is 14.0. The molecule has 3 N–H and O–H groups in total. The van der Waals surface area contributed by atoms with Gasteiger partial charge in [0.1, 0.15) is 0 Å². The Morgan fingerprint density at radius 3 is 2.58 bits per heavy atom. The summed E-state index contributed by atoms with van der Waals surface area (Å²) in [4.78, 5) is 26.2. The molecule has 134 valence electrons. The molecule has 1 aromatic carbocycles. The fourth-order valence-corrected chi connectivity index (χ4v) is 2.93. The zero-order chi connectivity index (χ0) is 17.0. The first-order valence-electron chi connectivity index (χ1n) is 8.01. The number of para-hydroxylation sites is 1. The molecule has 0 aliphatic carbocycles. The number of benzene rings is 1. The van der Waals surface area contributed by atoms with E-state index in [4.69, 9.17) is 17.3 Å². The smallest absolute Gasteiger partial charge is 0.227 e. The molecule has 2 amide bonds. The normalized spacial score (nSPS) is 17.6. The van der Waals surface area contributed by atoms with Gasteiger partial charge in [-0.05, 0) is 25.0 Å². The van der Waals surface area contributed by atoms with Gasteiger partial charge in [0, 0.05) is 25.0 Å². The van der Waals surface area contributed by atoms with Crippen LogP contribution in [-0.2, 0) is 9.59 Å². The summed E-state index contributed by atoms with van der Waals surface area (Å²) < 4.78 is 0. The minimum absolute atomic E-state index is 0. The third kappa shape index (κ3) is 4.62. The summed E-state index contributed by atoms with van der Waals surface area (Å²) in [5.74, 6) is -0.565. The minimum atomic E-state index is -0.388. The van der Waals surface area contributed by atoms with Gasteiger partial charge in [-0.15, -0.1) is 12.4 Å². The Labute approximate surface area is 154 Å². The van der Waals surface area contributed by atoms with Gasteiger partial charge >= 0.3 is 0 Å². The van der Waals surface area contributed by atoms with Crippen LogP contribution in [0.25, 0.3) is 0 Å². The molecule has 7 heteroatoms. The van der Waals surface area contributed by atoms with E-state index >= 15 is 0 Å². The molecule has 1 aromatic rings. The lowest BCUT2D eigenvalue weighted by molar-refractivity contribution is -0.126. The maximum atomic E-state index is 12.4. The monoisotopic (exact) mass is 373 g/mol. The Morgan fingerprint density at radius 1 is 1.38 bits per heavy atom. The second-order valence-electron chi connectivity index (χ2n) is 6.14. The number of nitrogens with one attached hydrogen (secondary N) is 1. The Balaban J connectivity index is 0.00000288. The van der Waals surface area contributed by atoms with Crippen molar-refractivity contribution in [1.29, 1.82) is 0 Å². The van der Waals surface area contributed by atoms with Crippen LogP contribution in [0.5, 0.6) is 0 Å². The molecular formula is C17H25Cl2N3O2. The Morgan fingerprint density at radius 2 is 2.00 bits per heavy atom. The molecule has 0 saturated carbocycles. The second-order valence-corrected chi connectivity index (χ2v) is 6.55. The summed E-state index contributed by atoms with van der Waals surface area (Å²) in [6, 6.07) is 7.17. The van der Waals surface area contributed by atoms with Crippen molar-refractivity contribution in [3.8, 4) is 0 Å². The Kier molecular flexibility index (Phi) is 7.52. The standard InChI is InChI=1S/C17H24ClN3O2.ClH/c1-3-17(19,4-2)11-20-16(23)12-9-15(22)21(10-12)14-8-6-5-7-13(14)18;/h5-8,12H,3-4,9-11,19H2,1-2H3,(H,20,23);1H. The number of hydrogen-bond donors (Lipinski definition) is 2. The molecule has 1 aliphatic heterocycles. The Hall–Kier alpha value is -1.30. The Bertz CT molecular complexity index is 591. The summed E-state index contributed by atoms with van der Waals surface area (Å²) in [5.41, 5.74) is 6.47. The number of nitrogens with zero attached hydrogens (tertiary/aromatic N) is 1. The molecule has 1 saturated heterocycles. The molecule has 0 radical (unpaired) electrons. The zero-order valence-corrected chi connectivity index (χ0v) is 15.6. The lowest BCUT2D eigenvalue weighted by Crippen LogP contribution is -2.50. The molecule has 1 atom stereocenters. The highest BCUT2D eigenvalue weighted by Crippen LogP contribution is 2.31. The van der Waals surface area contributed by atoms with Crippen LogP contribution in [0.4, 0.5) is 5.69 Å². The first-order chi connectivity index (χ1) is 10.9. The van der Waals surface area contributed by atoms with Crippen LogP contribution in [0.15, 0.2) is 24.3 Å². The first kappa shape index (κ1) is 20.7. The van der Waals surface area contributed by atoms with E-state index in [-0.39, 0.29) is 42.1 Å². The molecule has 2 rings (SSSR count). The number of carbonyl (C=O) groups excluding carboxylic acids is 2. The average Bonchev–Trinajstić information content (AvgIpc) is 2.94. The maximum absolute atomic E-state index is 12.4. The predicted octanol–water partition coefficient (Wildman–Crippen LogP) is 2.75. The third-order valence-electron chi connectivity index (χ3n) is 4.66. The number of halogens is 2. The fraction of sp³-hybridized carbons (Fsp3) is 0.529. The molecule has 1 heterocycles. The van der Waals surface area contributed by atoms with E-state index < -0.39 is 0 Å². The van der Waals surface area contributed by atoms with Crippen LogP contribution in [-0.4, -0.2) is 30.4 Å². The van der Waals surface area contributed by atoms with Gasteiger partial charge in [-0.3, -0.25) is 9.59 Å². The predicted molar refractivity (Wildman–Crippen MR) is 99.7 cm³/mol. The largest absolute Gasteiger partial charge is 0.354 e. The lowest BCUT2D eigenvalue weighted by Gasteiger charge is -2.27. The highest BCUT2D eigenvalue weighted by Gasteiger charge is 2.36. The van der Waals surface area contributed by atoms with Crippen LogP contribution >= 0.6 is 24.0 Å². The summed E-state index contributed by atoms with van der Waals surface area (Å²) in [5, 5.41) is 3.41. The molecule has 5 nitrogen and oxygen atoms in total. The van der Waals surface area contributed by atoms with Crippen molar-refractivity contribution in [3.63, 3.8) is 0 Å². The highest BCUT2D eigenvalue weighted by atomic mass is 35.5. The van der Waals surface area contributed by atoms with E-state index in [1.165, 1.54) is 0 Å². The van der Waals surface area contributed by atoms with Gasteiger partial charge in [0.25, 0.3) is 0 Å². The van der Waals surface area contributed by atoms with Gasteiger partial charge < -0.3 is 16.0 Å². The van der Waals surface area contributed by atoms with Crippen molar-refractivity contribution in [1.82, 2.24) is 5.32 Å². The average molecular weight is 374 g/mol. The van der Waals surface area contributed by atoms with Crippen LogP contribution in [0.3, 0.4) is 0 Å². The lowest BCUT2D eigenvalue weighted by atomic mass is 9.94. The molecule has 24 heavy (non-hydrogen) atoms. The van der Waals surface area contributed by atoms with E-state index in [9.17, 15) is 9.59 Å². The molecule has 0 aromatic heterocycles. The number of rotatable bonds is 6. The fourth-order valence-electron chi connectivity index (χ4n) is 2.69. The number of nitrogens with two attached hydrogens (primary N) is 1. The molecule has 1 fully saturated rings. The number of anilines is 1. The summed E-state index contributed by atoms with van der Waals surface area (Å²) in [7, 11) is 0. The van der Waals surface area contributed by atoms with Gasteiger partial charge in [0.05, 0.1) is 16.6 Å². The van der Waals surface area contributed by atoms with Crippen molar-refractivity contribution in [2.24, 2.45) is 11.7 Å². The second kappa shape index (κ2) is 8.70. The SMILES string of the molecule is CCC(N)(CC)CNC(=O)C1CC(=O)N(c2ccccc2Cl)C1.Cl. The minimum Gasteiger partial charge on any atom is -0.354 e. The van der Waals surface area contributed by atoms with Crippen LogP contribution in [0, 0.1) is 5.92 Å². The van der Waals surface area contributed by atoms with Crippen molar-refractivity contribution >= 4 is 41.5 Å². The summed E-state index contributed by atoms with van der Waals surface area (Å²) >= 11 is 6.14. The maximum Gasteiger partial charge on any atom is 0.227 e. The molecule has 1 unspecified atom stereocenters. The van der Waals surface area contributed by atoms with Crippen molar-refractivity contribution in [2.75, 3.05) is 18.0 Å². The topological polar surface area (TPSA) is 75.4 Å². The van der Waals surface area contributed by atoms with Crippen LogP contribution in [0.1, 0.15) is 33.1 Å². The van der Waals surface area contributed by atoms with Crippen molar-refractivity contribution < 1.29 is 9.59 Å². The third-order valence-corrected chi connectivity index (χ3v) is 4.98. The van der Waals surface area contributed by atoms with Gasteiger partial charge in [-0.2, -0.15) is 0 Å². The molecular weight excluding hydrogens is 349 g/mol. The van der Waals surface area contributed by atoms with Crippen LogP contribution < -0.4 is 16.0 Å². The van der Waals surface area contributed by atoms with Crippen molar-refractivity contribution in [3.05, 3.63) is 29.3 Å². The van der Waals surface area contributed by atoms with E-state index in [0.29, 0.717) is 23.8 Å². The van der Waals surface area contributed by atoms with E-state index in [2.05, 4.69) is 5.32 Å². The van der Waals surface area contributed by atoms with E-state index in [0.717, 1.165) is 12.8 Å². The van der Waals surface area contributed by atoms with Gasteiger partial charge in [-0.1, -0.05) is 37.6 Å². The molecule has 0 spiro atoms. The number of carbonyl (C=O) groups is 2. The van der Waals surface area contributed by atoms with Gasteiger partial charge in [-0.25, -0.2) is 0 Å². The highest BCUT2D eigenvalue weighted by molar-refractivity contribution is 6.33. The van der Waals surface area contributed by atoms with Crippen LogP contribution in [0.2, 0.25) is 5.02 Å². The summed E-state index contributed by atoms with van der Waals surface area (Å²) in [6.07, 6.45) is 1.78.